The third-order valence-electron chi connectivity index (χ3n) is 4.40. The third-order valence-corrected chi connectivity index (χ3v) is 5.88. The zero-order valence-corrected chi connectivity index (χ0v) is 16.4. The summed E-state index contributed by atoms with van der Waals surface area (Å²) in [6, 6.07) is 12.3. The lowest BCUT2D eigenvalue weighted by Gasteiger charge is -2.29. The molecule has 2 aromatic carbocycles. The highest BCUT2D eigenvalue weighted by Gasteiger charge is 2.19. The second-order valence-electron chi connectivity index (χ2n) is 6.65. The van der Waals surface area contributed by atoms with Crippen LogP contribution in [0.5, 0.6) is 0 Å². The van der Waals surface area contributed by atoms with Crippen LogP contribution in [0.15, 0.2) is 42.5 Å². The molecule has 9 heteroatoms. The standard InChI is InChI=1S/C20H20FN3O4S/c21-18-11-17(5-6-19(18)24-7-9-28-10-8-24)23-20(25)14-29(26,27)13-16-3-1-15(12-22)2-4-16/h1-6,11H,7-10,13-14H2,(H,23,25). The fourth-order valence-corrected chi connectivity index (χ4v) is 4.30. The molecule has 1 aliphatic heterocycles. The molecule has 7 nitrogen and oxygen atoms in total. The molecule has 2 aromatic rings. The monoisotopic (exact) mass is 417 g/mol. The molecule has 1 aliphatic rings. The molecule has 0 bridgehead atoms. The number of sulfone groups is 1. The summed E-state index contributed by atoms with van der Waals surface area (Å²) >= 11 is 0. The number of hydrogen-bond donors (Lipinski definition) is 1. The Morgan fingerprint density at radius 2 is 1.86 bits per heavy atom. The predicted molar refractivity (Wildman–Crippen MR) is 107 cm³/mol. The van der Waals surface area contributed by atoms with Crippen LogP contribution in [0.1, 0.15) is 11.1 Å². The maximum absolute atomic E-state index is 14.4. The summed E-state index contributed by atoms with van der Waals surface area (Å²) in [6.45, 7) is 2.20. The molecular weight excluding hydrogens is 397 g/mol. The largest absolute Gasteiger partial charge is 0.378 e. The van der Waals surface area contributed by atoms with E-state index in [0.29, 0.717) is 43.1 Å². The van der Waals surface area contributed by atoms with Crippen LogP contribution in [-0.2, 0) is 25.1 Å². The molecule has 0 spiro atoms. The number of nitrogens with zero attached hydrogens (tertiary/aromatic N) is 2. The van der Waals surface area contributed by atoms with E-state index in [-0.39, 0.29) is 11.4 Å². The van der Waals surface area contributed by atoms with E-state index in [4.69, 9.17) is 10.00 Å². The van der Waals surface area contributed by atoms with Crippen LogP contribution in [0.25, 0.3) is 0 Å². The van der Waals surface area contributed by atoms with E-state index in [0.717, 1.165) is 0 Å². The number of nitrogens with one attached hydrogen (secondary N) is 1. The fourth-order valence-electron chi connectivity index (χ4n) is 3.02. The van der Waals surface area contributed by atoms with Gasteiger partial charge in [-0.3, -0.25) is 4.79 Å². The molecule has 1 fully saturated rings. The van der Waals surface area contributed by atoms with E-state index in [1.165, 1.54) is 30.3 Å². The first-order valence-electron chi connectivity index (χ1n) is 8.98. The van der Waals surface area contributed by atoms with Gasteiger partial charge in [0.2, 0.25) is 5.91 Å². The van der Waals surface area contributed by atoms with Gasteiger partial charge in [-0.15, -0.1) is 0 Å². The van der Waals surface area contributed by atoms with Crippen molar-refractivity contribution in [2.45, 2.75) is 5.75 Å². The number of carbonyl (C=O) groups is 1. The number of ether oxygens (including phenoxy) is 1. The number of carbonyl (C=O) groups excluding carboxylic acids is 1. The lowest BCUT2D eigenvalue weighted by molar-refractivity contribution is -0.113. The van der Waals surface area contributed by atoms with E-state index in [1.54, 1.807) is 12.1 Å². The van der Waals surface area contributed by atoms with Crippen molar-refractivity contribution in [2.75, 3.05) is 42.3 Å². The van der Waals surface area contributed by atoms with Crippen LogP contribution in [0.2, 0.25) is 0 Å². The van der Waals surface area contributed by atoms with Crippen molar-refractivity contribution in [1.29, 1.82) is 5.26 Å². The molecule has 29 heavy (non-hydrogen) atoms. The van der Waals surface area contributed by atoms with E-state index in [2.05, 4.69) is 5.32 Å². The highest BCUT2D eigenvalue weighted by Crippen LogP contribution is 2.23. The second-order valence-corrected chi connectivity index (χ2v) is 8.72. The molecule has 0 unspecified atom stereocenters. The number of hydrogen-bond acceptors (Lipinski definition) is 6. The van der Waals surface area contributed by atoms with Gasteiger partial charge in [-0.1, -0.05) is 12.1 Å². The van der Waals surface area contributed by atoms with Gasteiger partial charge in [0, 0.05) is 18.8 Å². The van der Waals surface area contributed by atoms with E-state index < -0.39 is 27.3 Å². The van der Waals surface area contributed by atoms with Gasteiger partial charge in [0.05, 0.1) is 36.3 Å². The van der Waals surface area contributed by atoms with Crippen molar-refractivity contribution in [3.63, 3.8) is 0 Å². The predicted octanol–water partition coefficient (Wildman–Crippen LogP) is 2.09. The molecule has 1 N–H and O–H groups in total. The van der Waals surface area contributed by atoms with Crippen LogP contribution in [0.3, 0.4) is 0 Å². The van der Waals surface area contributed by atoms with Crippen LogP contribution >= 0.6 is 0 Å². The Bertz CT molecular complexity index is 1030. The first-order chi connectivity index (χ1) is 13.9. The summed E-state index contributed by atoms with van der Waals surface area (Å²) in [5, 5.41) is 11.2. The zero-order valence-electron chi connectivity index (χ0n) is 15.6. The van der Waals surface area contributed by atoms with Crippen LogP contribution in [0, 0.1) is 17.1 Å². The summed E-state index contributed by atoms with van der Waals surface area (Å²) in [4.78, 5) is 14.0. The fraction of sp³-hybridized carbons (Fsp3) is 0.300. The first kappa shape index (κ1) is 20.8. The molecule has 3 rings (SSSR count). The van der Waals surface area contributed by atoms with E-state index in [1.807, 2.05) is 11.0 Å². The molecule has 0 aromatic heterocycles. The molecule has 1 amide bonds. The number of nitriles is 1. The number of rotatable bonds is 6. The number of halogens is 1. The number of amides is 1. The Kier molecular flexibility index (Phi) is 6.46. The Morgan fingerprint density at radius 1 is 1.17 bits per heavy atom. The maximum Gasteiger partial charge on any atom is 0.239 e. The third kappa shape index (κ3) is 5.76. The minimum atomic E-state index is -3.72. The molecule has 0 saturated carbocycles. The maximum atomic E-state index is 14.4. The highest BCUT2D eigenvalue weighted by atomic mass is 32.2. The molecular formula is C20H20FN3O4S. The lowest BCUT2D eigenvalue weighted by atomic mass is 10.2. The molecule has 0 atom stereocenters. The van der Waals surface area contributed by atoms with Gasteiger partial charge >= 0.3 is 0 Å². The normalized spacial score (nSPS) is 14.3. The topological polar surface area (TPSA) is 99.5 Å². The van der Waals surface area contributed by atoms with Crippen LogP contribution in [-0.4, -0.2) is 46.4 Å². The van der Waals surface area contributed by atoms with Crippen LogP contribution < -0.4 is 10.2 Å². The number of anilines is 2. The molecule has 0 radical (unpaired) electrons. The van der Waals surface area contributed by atoms with E-state index in [9.17, 15) is 17.6 Å². The quantitative estimate of drug-likeness (QED) is 0.773. The van der Waals surface area contributed by atoms with Crippen molar-refractivity contribution in [1.82, 2.24) is 0 Å². The zero-order chi connectivity index (χ0) is 20.9. The minimum Gasteiger partial charge on any atom is -0.378 e. The van der Waals surface area contributed by atoms with Crippen molar-refractivity contribution in [3.05, 3.63) is 59.4 Å². The Labute approximate surface area is 168 Å². The van der Waals surface area contributed by atoms with Crippen molar-refractivity contribution in [3.8, 4) is 6.07 Å². The number of morpholine rings is 1. The summed E-state index contributed by atoms with van der Waals surface area (Å²) in [5.74, 6) is -2.28. The van der Waals surface area contributed by atoms with Gasteiger partial charge in [-0.2, -0.15) is 5.26 Å². The summed E-state index contributed by atoms with van der Waals surface area (Å²) < 4.78 is 44.2. The van der Waals surface area contributed by atoms with Gasteiger partial charge in [0.25, 0.3) is 0 Å². The lowest BCUT2D eigenvalue weighted by Crippen LogP contribution is -2.36. The Balaban J connectivity index is 1.60. The first-order valence-corrected chi connectivity index (χ1v) is 10.8. The average molecular weight is 417 g/mol. The van der Waals surface area contributed by atoms with Crippen molar-refractivity contribution >= 4 is 27.1 Å². The van der Waals surface area contributed by atoms with Crippen LogP contribution in [0.4, 0.5) is 15.8 Å². The Hall–Kier alpha value is -2.96. The van der Waals surface area contributed by atoms with Gasteiger partial charge in [0.15, 0.2) is 9.84 Å². The molecule has 1 saturated heterocycles. The van der Waals surface area contributed by atoms with Gasteiger partial charge < -0.3 is 15.0 Å². The molecule has 0 aliphatic carbocycles. The number of benzene rings is 2. The van der Waals surface area contributed by atoms with Crippen molar-refractivity contribution < 1.29 is 22.3 Å². The second kappa shape index (κ2) is 9.03. The summed E-state index contributed by atoms with van der Waals surface area (Å²) in [5.41, 5.74) is 1.52. The highest BCUT2D eigenvalue weighted by molar-refractivity contribution is 7.91. The minimum absolute atomic E-state index is 0.193. The molecule has 152 valence electrons. The van der Waals surface area contributed by atoms with Gasteiger partial charge in [0.1, 0.15) is 11.6 Å². The van der Waals surface area contributed by atoms with Gasteiger partial charge in [-0.05, 0) is 35.9 Å². The SMILES string of the molecule is N#Cc1ccc(CS(=O)(=O)CC(=O)Nc2ccc(N3CCOCC3)c(F)c2)cc1. The van der Waals surface area contributed by atoms with Gasteiger partial charge in [-0.25, -0.2) is 12.8 Å². The summed E-state index contributed by atoms with van der Waals surface area (Å²) in [7, 11) is -3.72. The average Bonchev–Trinajstić information content (AvgIpc) is 2.68. The van der Waals surface area contributed by atoms with E-state index >= 15 is 0 Å². The smallest absolute Gasteiger partial charge is 0.239 e. The summed E-state index contributed by atoms with van der Waals surface area (Å²) in [6.07, 6.45) is 0. The van der Waals surface area contributed by atoms with Crippen molar-refractivity contribution in [2.24, 2.45) is 0 Å². The molecule has 1 heterocycles. The Morgan fingerprint density at radius 3 is 2.48 bits per heavy atom.